The normalized spacial score (nSPS) is 14.6. The van der Waals surface area contributed by atoms with Gasteiger partial charge in [0.15, 0.2) is 6.61 Å². The van der Waals surface area contributed by atoms with Gasteiger partial charge < -0.3 is 19.5 Å². The second-order valence-electron chi connectivity index (χ2n) is 6.51. The van der Waals surface area contributed by atoms with Gasteiger partial charge in [0.2, 0.25) is 10.0 Å². The molecule has 1 amide bonds. The molecule has 1 aliphatic heterocycles. The maximum absolute atomic E-state index is 13.0. The molecule has 0 aromatic heterocycles. The molecule has 0 saturated carbocycles. The summed E-state index contributed by atoms with van der Waals surface area (Å²) in [5, 5.41) is 2.99. The van der Waals surface area contributed by atoms with E-state index in [0.717, 1.165) is 0 Å². The first-order valence-electron chi connectivity index (χ1n) is 9.30. The van der Waals surface area contributed by atoms with E-state index in [9.17, 15) is 18.0 Å². The average molecular weight is 469 g/mol. The van der Waals surface area contributed by atoms with Crippen LogP contribution in [0.1, 0.15) is 10.4 Å². The lowest BCUT2D eigenvalue weighted by molar-refractivity contribution is -0.119. The molecule has 0 atom stereocenters. The quantitative estimate of drug-likeness (QED) is 0.620. The Bertz CT molecular complexity index is 1050. The molecular formula is C20H21ClN2O7S. The number of carbonyl (C=O) groups excluding carboxylic acids is 2. The smallest absolute Gasteiger partial charge is 0.338 e. The molecule has 3 rings (SSSR count). The van der Waals surface area contributed by atoms with Crippen molar-refractivity contribution in [2.45, 2.75) is 4.90 Å². The number of esters is 1. The predicted molar refractivity (Wildman–Crippen MR) is 113 cm³/mol. The Morgan fingerprint density at radius 3 is 2.45 bits per heavy atom. The number of hydrogen-bond donors (Lipinski definition) is 1. The Balaban J connectivity index is 1.68. The number of amides is 1. The first-order valence-corrected chi connectivity index (χ1v) is 11.1. The van der Waals surface area contributed by atoms with Crippen LogP contribution in [0.4, 0.5) is 5.69 Å². The van der Waals surface area contributed by atoms with E-state index < -0.39 is 28.5 Å². The third-order valence-electron chi connectivity index (χ3n) is 4.45. The van der Waals surface area contributed by atoms with Crippen LogP contribution in [0.15, 0.2) is 47.4 Å². The Morgan fingerprint density at radius 2 is 1.81 bits per heavy atom. The van der Waals surface area contributed by atoms with E-state index in [2.05, 4.69) is 5.32 Å². The van der Waals surface area contributed by atoms with Crippen LogP contribution in [-0.4, -0.2) is 64.6 Å². The van der Waals surface area contributed by atoms with Crippen molar-refractivity contribution in [2.75, 3.05) is 45.3 Å². The molecule has 2 aromatic carbocycles. The third-order valence-corrected chi connectivity index (χ3v) is 6.62. The molecule has 1 heterocycles. The molecule has 166 valence electrons. The SMILES string of the molecule is COc1ccc(NC(=O)COC(=O)c2ccc(Cl)cc2)cc1S(=O)(=O)N1CCOCC1. The lowest BCUT2D eigenvalue weighted by atomic mass is 10.2. The van der Waals surface area contributed by atoms with Crippen LogP contribution in [0.2, 0.25) is 5.02 Å². The van der Waals surface area contributed by atoms with Gasteiger partial charge in [-0.1, -0.05) is 11.6 Å². The standard InChI is InChI=1S/C20H21ClN2O7S/c1-28-17-7-6-16(12-18(17)31(26,27)23-8-10-29-11-9-23)22-19(24)13-30-20(25)14-2-4-15(21)5-3-14/h2-7,12H,8-11,13H2,1H3,(H,22,24). The van der Waals surface area contributed by atoms with Crippen molar-refractivity contribution in [1.82, 2.24) is 4.31 Å². The van der Waals surface area contributed by atoms with Gasteiger partial charge in [-0.25, -0.2) is 13.2 Å². The van der Waals surface area contributed by atoms with Crippen molar-refractivity contribution in [2.24, 2.45) is 0 Å². The van der Waals surface area contributed by atoms with E-state index in [1.807, 2.05) is 0 Å². The number of nitrogens with one attached hydrogen (secondary N) is 1. The predicted octanol–water partition coefficient (Wildman–Crippen LogP) is 2.17. The van der Waals surface area contributed by atoms with Crippen molar-refractivity contribution in [3.05, 3.63) is 53.1 Å². The van der Waals surface area contributed by atoms with E-state index in [0.29, 0.717) is 18.2 Å². The van der Waals surface area contributed by atoms with Crippen molar-refractivity contribution < 1.29 is 32.2 Å². The molecule has 0 bridgehead atoms. The summed E-state index contributed by atoms with van der Waals surface area (Å²) < 4.78 is 42.7. The number of rotatable bonds is 7. The number of nitrogens with zero attached hydrogens (tertiary/aromatic N) is 1. The Labute approximate surface area is 184 Å². The summed E-state index contributed by atoms with van der Waals surface area (Å²) in [4.78, 5) is 24.1. The third kappa shape index (κ3) is 5.73. The fourth-order valence-corrected chi connectivity index (χ4v) is 4.60. The second kappa shape index (κ2) is 10.1. The first kappa shape index (κ1) is 23.0. The molecule has 11 heteroatoms. The molecule has 0 unspecified atom stereocenters. The molecule has 2 aromatic rings. The van der Waals surface area contributed by atoms with E-state index >= 15 is 0 Å². The van der Waals surface area contributed by atoms with Gasteiger partial charge in [0.25, 0.3) is 5.91 Å². The van der Waals surface area contributed by atoms with E-state index in [-0.39, 0.29) is 35.0 Å². The number of carbonyl (C=O) groups is 2. The second-order valence-corrected chi connectivity index (χ2v) is 8.86. The summed E-state index contributed by atoms with van der Waals surface area (Å²) in [6.45, 7) is 0.512. The molecule has 9 nitrogen and oxygen atoms in total. The number of morpholine rings is 1. The Kier molecular flexibility index (Phi) is 7.50. The van der Waals surface area contributed by atoms with Crippen molar-refractivity contribution in [3.63, 3.8) is 0 Å². The highest BCUT2D eigenvalue weighted by Gasteiger charge is 2.29. The zero-order chi connectivity index (χ0) is 22.4. The molecule has 0 radical (unpaired) electrons. The maximum atomic E-state index is 13.0. The van der Waals surface area contributed by atoms with Gasteiger partial charge in [-0.2, -0.15) is 4.31 Å². The number of ether oxygens (including phenoxy) is 3. The topological polar surface area (TPSA) is 111 Å². The molecule has 1 fully saturated rings. The van der Waals surface area contributed by atoms with Gasteiger partial charge >= 0.3 is 5.97 Å². The number of benzene rings is 2. The summed E-state index contributed by atoms with van der Waals surface area (Å²) in [5.41, 5.74) is 0.473. The van der Waals surface area contributed by atoms with E-state index in [1.54, 1.807) is 0 Å². The van der Waals surface area contributed by atoms with Gasteiger partial charge in [-0.15, -0.1) is 0 Å². The first-order chi connectivity index (χ1) is 14.8. The minimum atomic E-state index is -3.85. The number of hydrogen-bond acceptors (Lipinski definition) is 7. The van der Waals surface area contributed by atoms with Crippen molar-refractivity contribution >= 4 is 39.2 Å². The van der Waals surface area contributed by atoms with E-state index in [1.165, 1.54) is 53.9 Å². The summed E-state index contributed by atoms with van der Waals surface area (Å²) in [5.74, 6) is -1.15. The lowest BCUT2D eigenvalue weighted by Crippen LogP contribution is -2.40. The molecule has 1 N–H and O–H groups in total. The largest absolute Gasteiger partial charge is 0.495 e. The highest BCUT2D eigenvalue weighted by atomic mass is 35.5. The van der Waals surface area contributed by atoms with Gasteiger partial charge in [0, 0.05) is 23.8 Å². The minimum absolute atomic E-state index is 0.0761. The average Bonchev–Trinajstić information content (AvgIpc) is 2.78. The molecule has 1 saturated heterocycles. The summed E-state index contributed by atoms with van der Waals surface area (Å²) >= 11 is 5.77. The number of methoxy groups -OCH3 is 1. The number of halogens is 1. The summed E-state index contributed by atoms with van der Waals surface area (Å²) in [7, 11) is -2.48. The fraction of sp³-hybridized carbons (Fsp3) is 0.300. The number of sulfonamides is 1. The highest BCUT2D eigenvalue weighted by molar-refractivity contribution is 7.89. The van der Waals surface area contributed by atoms with Crippen LogP contribution in [-0.2, 0) is 24.3 Å². The lowest BCUT2D eigenvalue weighted by Gasteiger charge is -2.26. The Morgan fingerprint density at radius 1 is 1.13 bits per heavy atom. The fourth-order valence-electron chi connectivity index (χ4n) is 2.88. The molecule has 31 heavy (non-hydrogen) atoms. The van der Waals surface area contributed by atoms with Crippen molar-refractivity contribution in [3.8, 4) is 5.75 Å². The van der Waals surface area contributed by atoms with Crippen LogP contribution in [0.5, 0.6) is 5.75 Å². The highest BCUT2D eigenvalue weighted by Crippen LogP contribution is 2.30. The van der Waals surface area contributed by atoms with Gasteiger partial charge in [0.05, 0.1) is 25.9 Å². The van der Waals surface area contributed by atoms with Crippen molar-refractivity contribution in [1.29, 1.82) is 0 Å². The number of anilines is 1. The van der Waals surface area contributed by atoms with Crippen LogP contribution in [0, 0.1) is 0 Å². The molecule has 1 aliphatic rings. The summed E-state index contributed by atoms with van der Waals surface area (Å²) in [6.07, 6.45) is 0. The van der Waals surface area contributed by atoms with Gasteiger partial charge in [-0.05, 0) is 42.5 Å². The van der Waals surface area contributed by atoms with Crippen LogP contribution < -0.4 is 10.1 Å². The molecule has 0 spiro atoms. The van der Waals surface area contributed by atoms with Crippen LogP contribution in [0.25, 0.3) is 0 Å². The van der Waals surface area contributed by atoms with Gasteiger partial charge in [-0.3, -0.25) is 4.79 Å². The monoisotopic (exact) mass is 468 g/mol. The summed E-state index contributed by atoms with van der Waals surface area (Å²) in [6, 6.07) is 10.3. The van der Waals surface area contributed by atoms with Crippen LogP contribution >= 0.6 is 11.6 Å². The van der Waals surface area contributed by atoms with Crippen LogP contribution in [0.3, 0.4) is 0 Å². The van der Waals surface area contributed by atoms with E-state index in [4.69, 9.17) is 25.8 Å². The zero-order valence-corrected chi connectivity index (χ0v) is 18.2. The maximum Gasteiger partial charge on any atom is 0.338 e. The molecule has 0 aliphatic carbocycles. The molecular weight excluding hydrogens is 448 g/mol. The van der Waals surface area contributed by atoms with Gasteiger partial charge in [0.1, 0.15) is 10.6 Å². The minimum Gasteiger partial charge on any atom is -0.495 e. The Hall–Kier alpha value is -2.66. The zero-order valence-electron chi connectivity index (χ0n) is 16.7.